The zero-order chi connectivity index (χ0) is 11.1. The number of amidine groups is 1. The summed E-state index contributed by atoms with van der Waals surface area (Å²) in [7, 11) is 0. The number of aliphatic imine (C=N–C) groups is 1. The van der Waals surface area contributed by atoms with Gasteiger partial charge >= 0.3 is 0 Å². The number of hydrogen-bond donors (Lipinski definition) is 1. The van der Waals surface area contributed by atoms with E-state index in [-0.39, 0.29) is 6.17 Å². The molecule has 0 fully saturated rings. The Kier molecular flexibility index (Phi) is 5.69. The van der Waals surface area contributed by atoms with Crippen LogP contribution >= 0.6 is 0 Å². The molecule has 1 rings (SSSR count). The molecular formula is C12H25N3. The maximum atomic E-state index is 5.89. The van der Waals surface area contributed by atoms with Crippen molar-refractivity contribution in [2.24, 2.45) is 10.7 Å². The Morgan fingerprint density at radius 3 is 2.73 bits per heavy atom. The fraction of sp³-hybridized carbons (Fsp3) is 0.917. The van der Waals surface area contributed by atoms with Gasteiger partial charge in [0.25, 0.3) is 0 Å². The maximum absolute atomic E-state index is 5.89. The quantitative estimate of drug-likeness (QED) is 0.657. The van der Waals surface area contributed by atoms with Crippen molar-refractivity contribution in [3.05, 3.63) is 0 Å². The van der Waals surface area contributed by atoms with Crippen LogP contribution in [0.4, 0.5) is 0 Å². The second kappa shape index (κ2) is 6.83. The summed E-state index contributed by atoms with van der Waals surface area (Å²) in [5, 5.41) is 0. The van der Waals surface area contributed by atoms with E-state index in [9.17, 15) is 0 Å². The molecule has 0 aromatic carbocycles. The third kappa shape index (κ3) is 4.20. The summed E-state index contributed by atoms with van der Waals surface area (Å²) in [6.07, 6.45) is 7.88. The van der Waals surface area contributed by atoms with Gasteiger partial charge in [0.2, 0.25) is 0 Å². The monoisotopic (exact) mass is 211 g/mol. The molecule has 88 valence electrons. The first kappa shape index (κ1) is 12.5. The summed E-state index contributed by atoms with van der Waals surface area (Å²) in [6, 6.07) is 0. The molecule has 2 N–H and O–H groups in total. The lowest BCUT2D eigenvalue weighted by molar-refractivity contribution is 0.358. The largest absolute Gasteiger partial charge is 0.343 e. The molecule has 0 amide bonds. The molecule has 3 heteroatoms. The van der Waals surface area contributed by atoms with Crippen LogP contribution in [0.5, 0.6) is 0 Å². The van der Waals surface area contributed by atoms with E-state index in [2.05, 4.69) is 16.8 Å². The van der Waals surface area contributed by atoms with Crippen LogP contribution in [0.3, 0.4) is 0 Å². The second-order valence-electron chi connectivity index (χ2n) is 4.40. The van der Waals surface area contributed by atoms with Gasteiger partial charge < -0.3 is 10.6 Å². The number of unbranched alkanes of at least 4 members (excludes halogenated alkanes) is 4. The molecule has 0 bridgehead atoms. The summed E-state index contributed by atoms with van der Waals surface area (Å²) in [5.41, 5.74) is 5.89. The molecule has 15 heavy (non-hydrogen) atoms. The zero-order valence-electron chi connectivity index (χ0n) is 10.2. The number of nitrogens with two attached hydrogens (primary N) is 1. The van der Waals surface area contributed by atoms with Crippen LogP contribution in [0.2, 0.25) is 0 Å². The Labute approximate surface area is 93.7 Å². The van der Waals surface area contributed by atoms with Gasteiger partial charge in [-0.3, -0.25) is 4.99 Å². The summed E-state index contributed by atoms with van der Waals surface area (Å²) in [4.78, 5) is 6.75. The molecule has 1 heterocycles. The summed E-state index contributed by atoms with van der Waals surface area (Å²) < 4.78 is 0. The van der Waals surface area contributed by atoms with E-state index in [1.54, 1.807) is 0 Å². The average Bonchev–Trinajstić information content (AvgIpc) is 2.66. The van der Waals surface area contributed by atoms with Crippen molar-refractivity contribution in [2.75, 3.05) is 13.1 Å². The highest BCUT2D eigenvalue weighted by Crippen LogP contribution is 2.12. The van der Waals surface area contributed by atoms with E-state index in [0.29, 0.717) is 0 Å². The molecule has 0 radical (unpaired) electrons. The van der Waals surface area contributed by atoms with Crippen LogP contribution in [0.1, 0.15) is 52.4 Å². The van der Waals surface area contributed by atoms with Crippen molar-refractivity contribution in [2.45, 2.75) is 58.5 Å². The molecule has 1 atom stereocenters. The lowest BCUT2D eigenvalue weighted by Gasteiger charge is -2.24. The van der Waals surface area contributed by atoms with Crippen LogP contribution in [-0.4, -0.2) is 30.0 Å². The Hall–Kier alpha value is -0.570. The van der Waals surface area contributed by atoms with Crippen molar-refractivity contribution < 1.29 is 0 Å². The first-order valence-corrected chi connectivity index (χ1v) is 6.31. The molecule has 3 nitrogen and oxygen atoms in total. The molecule has 1 unspecified atom stereocenters. The van der Waals surface area contributed by atoms with E-state index in [0.717, 1.165) is 19.5 Å². The third-order valence-corrected chi connectivity index (χ3v) is 2.96. The van der Waals surface area contributed by atoms with Crippen molar-refractivity contribution in [3.63, 3.8) is 0 Å². The fourth-order valence-electron chi connectivity index (χ4n) is 2.05. The molecule has 0 saturated heterocycles. The number of hydrogen-bond acceptors (Lipinski definition) is 3. The van der Waals surface area contributed by atoms with Gasteiger partial charge in [-0.1, -0.05) is 32.6 Å². The fourth-order valence-corrected chi connectivity index (χ4v) is 2.05. The van der Waals surface area contributed by atoms with E-state index >= 15 is 0 Å². The standard InChI is InChI=1S/C12H25N3/c1-3-4-5-6-7-8-12-14-9-10-15(12)11(2)13/h11H,3-10,13H2,1-2H3. The van der Waals surface area contributed by atoms with Gasteiger partial charge in [-0.25, -0.2) is 0 Å². The minimum Gasteiger partial charge on any atom is -0.343 e. The van der Waals surface area contributed by atoms with Crippen molar-refractivity contribution in [1.82, 2.24) is 4.90 Å². The molecule has 0 aromatic rings. The Morgan fingerprint density at radius 2 is 2.07 bits per heavy atom. The van der Waals surface area contributed by atoms with Crippen molar-refractivity contribution in [1.29, 1.82) is 0 Å². The molecule has 0 spiro atoms. The molecular weight excluding hydrogens is 186 g/mol. The van der Waals surface area contributed by atoms with Gasteiger partial charge in [-0.2, -0.15) is 0 Å². The van der Waals surface area contributed by atoms with Gasteiger partial charge in [-0.15, -0.1) is 0 Å². The van der Waals surface area contributed by atoms with E-state index in [4.69, 9.17) is 5.73 Å². The molecule has 1 aliphatic heterocycles. The molecule has 0 aromatic heterocycles. The lowest BCUT2D eigenvalue weighted by Crippen LogP contribution is -2.41. The number of nitrogens with zero attached hydrogens (tertiary/aromatic N) is 2. The van der Waals surface area contributed by atoms with Crippen LogP contribution in [0, 0.1) is 0 Å². The predicted octanol–water partition coefficient (Wildman–Crippen LogP) is 2.37. The highest BCUT2D eigenvalue weighted by molar-refractivity contribution is 5.83. The normalized spacial score (nSPS) is 18.1. The predicted molar refractivity (Wildman–Crippen MR) is 66.0 cm³/mol. The highest BCUT2D eigenvalue weighted by atomic mass is 15.3. The Balaban J connectivity index is 2.15. The van der Waals surface area contributed by atoms with Gasteiger partial charge in [-0.05, 0) is 13.3 Å². The highest BCUT2D eigenvalue weighted by Gasteiger charge is 2.18. The van der Waals surface area contributed by atoms with Crippen LogP contribution in [0.25, 0.3) is 0 Å². The molecule has 1 aliphatic rings. The van der Waals surface area contributed by atoms with Crippen molar-refractivity contribution >= 4 is 5.84 Å². The maximum Gasteiger partial charge on any atom is 0.100 e. The molecule has 0 aliphatic carbocycles. The van der Waals surface area contributed by atoms with Gasteiger partial charge in [0.05, 0.1) is 12.7 Å². The lowest BCUT2D eigenvalue weighted by atomic mass is 10.1. The Bertz CT molecular complexity index is 199. The SMILES string of the molecule is CCCCCCCC1=NCCN1C(C)N. The van der Waals surface area contributed by atoms with E-state index in [1.165, 1.54) is 37.9 Å². The second-order valence-corrected chi connectivity index (χ2v) is 4.40. The summed E-state index contributed by atoms with van der Waals surface area (Å²) in [6.45, 7) is 6.24. The minimum absolute atomic E-state index is 0.127. The molecule has 0 saturated carbocycles. The number of rotatable bonds is 7. The summed E-state index contributed by atoms with van der Waals surface area (Å²) in [5.74, 6) is 1.24. The third-order valence-electron chi connectivity index (χ3n) is 2.96. The Morgan fingerprint density at radius 1 is 1.33 bits per heavy atom. The van der Waals surface area contributed by atoms with Gasteiger partial charge in [0, 0.05) is 13.0 Å². The zero-order valence-corrected chi connectivity index (χ0v) is 10.2. The first-order chi connectivity index (χ1) is 7.25. The van der Waals surface area contributed by atoms with E-state index in [1.807, 2.05) is 6.92 Å². The smallest absolute Gasteiger partial charge is 0.100 e. The van der Waals surface area contributed by atoms with Gasteiger partial charge in [0.1, 0.15) is 5.84 Å². The average molecular weight is 211 g/mol. The van der Waals surface area contributed by atoms with Crippen LogP contribution in [0.15, 0.2) is 4.99 Å². The van der Waals surface area contributed by atoms with Crippen LogP contribution < -0.4 is 5.73 Å². The topological polar surface area (TPSA) is 41.6 Å². The minimum atomic E-state index is 0.127. The van der Waals surface area contributed by atoms with Crippen LogP contribution in [-0.2, 0) is 0 Å². The van der Waals surface area contributed by atoms with Crippen molar-refractivity contribution in [3.8, 4) is 0 Å². The van der Waals surface area contributed by atoms with Gasteiger partial charge in [0.15, 0.2) is 0 Å². The summed E-state index contributed by atoms with van der Waals surface area (Å²) >= 11 is 0. The first-order valence-electron chi connectivity index (χ1n) is 6.31. The van der Waals surface area contributed by atoms with E-state index < -0.39 is 0 Å².